The molecule has 16 heavy (non-hydrogen) atoms. The third kappa shape index (κ3) is 4.89. The molecule has 1 aromatic rings. The van der Waals surface area contributed by atoms with E-state index in [0.717, 1.165) is 12.1 Å². The number of thiocarbonyl (C=S) groups is 1. The van der Waals surface area contributed by atoms with Gasteiger partial charge in [-0.05, 0) is 31.1 Å². The van der Waals surface area contributed by atoms with Gasteiger partial charge in [-0.3, -0.25) is 5.43 Å². The van der Waals surface area contributed by atoms with Crippen molar-refractivity contribution in [2.45, 2.75) is 26.8 Å². The fraction of sp³-hybridized carbons (Fsp3) is 0.333. The fourth-order valence-electron chi connectivity index (χ4n) is 1.04. The first-order valence-electron chi connectivity index (χ1n) is 5.33. The Morgan fingerprint density at radius 1 is 1.31 bits per heavy atom. The summed E-state index contributed by atoms with van der Waals surface area (Å²) in [6.45, 7) is 4.74. The number of hydrogen-bond donors (Lipinski definition) is 2. The lowest BCUT2D eigenvalue weighted by Gasteiger charge is -2.07. The Kier molecular flexibility index (Phi) is 5.50. The molecule has 0 fully saturated rings. The molecule has 0 heterocycles. The Morgan fingerprint density at radius 3 is 2.62 bits per heavy atom. The van der Waals surface area contributed by atoms with Crippen LogP contribution in [0.25, 0.3) is 0 Å². The summed E-state index contributed by atoms with van der Waals surface area (Å²) in [7, 11) is 0. The number of rotatable bonds is 4. The quantitative estimate of drug-likeness (QED) is 0.478. The molecule has 0 unspecified atom stereocenters. The highest BCUT2D eigenvalue weighted by molar-refractivity contribution is 7.80. The van der Waals surface area contributed by atoms with Crippen molar-refractivity contribution in [2.75, 3.05) is 0 Å². The van der Waals surface area contributed by atoms with E-state index in [9.17, 15) is 0 Å². The third-order valence-electron chi connectivity index (χ3n) is 2.16. The summed E-state index contributed by atoms with van der Waals surface area (Å²) >= 11 is 5.09. The van der Waals surface area contributed by atoms with E-state index in [4.69, 9.17) is 12.2 Å². The molecule has 0 saturated heterocycles. The van der Waals surface area contributed by atoms with E-state index in [2.05, 4.69) is 34.9 Å². The monoisotopic (exact) mass is 235 g/mol. The van der Waals surface area contributed by atoms with Crippen LogP contribution in [0.15, 0.2) is 35.4 Å². The Morgan fingerprint density at radius 2 is 2.00 bits per heavy atom. The summed E-state index contributed by atoms with van der Waals surface area (Å²) in [6.07, 6.45) is 0.925. The van der Waals surface area contributed by atoms with Gasteiger partial charge in [0.1, 0.15) is 0 Å². The standard InChI is InChI=1S/C12H17N3S/c1-3-10(2)14-15-12(16)13-9-11-7-5-4-6-8-11/h4-8H,3,9H2,1-2H3,(H2,13,15,16)/b14-10-. The molecule has 1 rings (SSSR count). The van der Waals surface area contributed by atoms with Crippen LogP contribution in [0.4, 0.5) is 0 Å². The van der Waals surface area contributed by atoms with Crippen LogP contribution in [0.3, 0.4) is 0 Å². The second kappa shape index (κ2) is 6.95. The minimum Gasteiger partial charge on any atom is -0.357 e. The van der Waals surface area contributed by atoms with Crippen molar-refractivity contribution in [1.82, 2.24) is 10.7 Å². The molecular formula is C12H17N3S. The lowest BCUT2D eigenvalue weighted by atomic mass is 10.2. The van der Waals surface area contributed by atoms with E-state index in [-0.39, 0.29) is 0 Å². The van der Waals surface area contributed by atoms with Gasteiger partial charge in [-0.25, -0.2) is 0 Å². The van der Waals surface area contributed by atoms with Crippen molar-refractivity contribution >= 4 is 23.0 Å². The van der Waals surface area contributed by atoms with Crippen LogP contribution in [-0.2, 0) is 6.54 Å². The predicted molar refractivity (Wildman–Crippen MR) is 72.4 cm³/mol. The van der Waals surface area contributed by atoms with Gasteiger partial charge in [0.15, 0.2) is 5.11 Å². The topological polar surface area (TPSA) is 36.4 Å². The number of nitrogens with one attached hydrogen (secondary N) is 2. The van der Waals surface area contributed by atoms with Crippen LogP contribution < -0.4 is 10.7 Å². The first kappa shape index (κ1) is 12.6. The maximum absolute atomic E-state index is 5.09. The van der Waals surface area contributed by atoms with Crippen LogP contribution in [0, 0.1) is 0 Å². The van der Waals surface area contributed by atoms with Gasteiger partial charge in [0.05, 0.1) is 0 Å². The van der Waals surface area contributed by atoms with Gasteiger partial charge < -0.3 is 5.32 Å². The van der Waals surface area contributed by atoms with E-state index >= 15 is 0 Å². The van der Waals surface area contributed by atoms with Gasteiger partial charge >= 0.3 is 0 Å². The highest BCUT2D eigenvalue weighted by Gasteiger charge is 1.94. The lowest BCUT2D eigenvalue weighted by Crippen LogP contribution is -2.31. The summed E-state index contributed by atoms with van der Waals surface area (Å²) in [4.78, 5) is 0. The normalized spacial score (nSPS) is 11.0. The molecule has 0 aliphatic carbocycles. The van der Waals surface area contributed by atoms with E-state index in [1.54, 1.807) is 0 Å². The van der Waals surface area contributed by atoms with Crippen LogP contribution in [-0.4, -0.2) is 10.8 Å². The van der Waals surface area contributed by atoms with Crippen LogP contribution >= 0.6 is 12.2 Å². The number of benzene rings is 1. The smallest absolute Gasteiger partial charge is 0.187 e. The Balaban J connectivity index is 2.31. The largest absolute Gasteiger partial charge is 0.357 e. The minimum absolute atomic E-state index is 0.552. The SMILES string of the molecule is CC/C(C)=N\NC(=S)NCc1ccccc1. The second-order valence-corrected chi connectivity index (χ2v) is 3.89. The van der Waals surface area contributed by atoms with Gasteiger partial charge in [0.2, 0.25) is 0 Å². The Bertz CT molecular complexity index is 360. The maximum Gasteiger partial charge on any atom is 0.187 e. The second-order valence-electron chi connectivity index (χ2n) is 3.48. The zero-order chi connectivity index (χ0) is 11.8. The van der Waals surface area contributed by atoms with E-state index in [0.29, 0.717) is 11.7 Å². The van der Waals surface area contributed by atoms with E-state index in [1.165, 1.54) is 5.56 Å². The van der Waals surface area contributed by atoms with Gasteiger partial charge in [0, 0.05) is 12.3 Å². The zero-order valence-corrected chi connectivity index (χ0v) is 10.5. The first-order chi connectivity index (χ1) is 7.72. The average molecular weight is 235 g/mol. The van der Waals surface area contributed by atoms with Crippen molar-refractivity contribution in [1.29, 1.82) is 0 Å². The molecule has 3 nitrogen and oxygen atoms in total. The summed E-state index contributed by atoms with van der Waals surface area (Å²) in [5.74, 6) is 0. The summed E-state index contributed by atoms with van der Waals surface area (Å²) in [6, 6.07) is 10.1. The highest BCUT2D eigenvalue weighted by atomic mass is 32.1. The van der Waals surface area contributed by atoms with Crippen LogP contribution in [0.5, 0.6) is 0 Å². The highest BCUT2D eigenvalue weighted by Crippen LogP contribution is 1.96. The first-order valence-corrected chi connectivity index (χ1v) is 5.74. The molecule has 86 valence electrons. The molecule has 0 aliphatic rings. The molecule has 0 aromatic heterocycles. The van der Waals surface area contributed by atoms with Crippen molar-refractivity contribution in [2.24, 2.45) is 5.10 Å². The molecule has 2 N–H and O–H groups in total. The van der Waals surface area contributed by atoms with Gasteiger partial charge in [-0.2, -0.15) is 5.10 Å². The molecule has 0 spiro atoms. The summed E-state index contributed by atoms with van der Waals surface area (Å²) < 4.78 is 0. The maximum atomic E-state index is 5.09. The molecule has 0 radical (unpaired) electrons. The van der Waals surface area contributed by atoms with Gasteiger partial charge in [-0.15, -0.1) is 0 Å². The minimum atomic E-state index is 0.552. The molecule has 1 aromatic carbocycles. The third-order valence-corrected chi connectivity index (χ3v) is 2.39. The van der Waals surface area contributed by atoms with Crippen molar-refractivity contribution in [3.05, 3.63) is 35.9 Å². The molecule has 0 saturated carbocycles. The number of nitrogens with zero attached hydrogens (tertiary/aromatic N) is 1. The Hall–Kier alpha value is -1.42. The number of hydrogen-bond acceptors (Lipinski definition) is 2. The molecule has 0 atom stereocenters. The van der Waals surface area contributed by atoms with Crippen molar-refractivity contribution in [3.8, 4) is 0 Å². The van der Waals surface area contributed by atoms with Crippen LogP contribution in [0.1, 0.15) is 25.8 Å². The summed E-state index contributed by atoms with van der Waals surface area (Å²) in [5.41, 5.74) is 5.04. The van der Waals surface area contributed by atoms with Crippen LogP contribution in [0.2, 0.25) is 0 Å². The predicted octanol–water partition coefficient (Wildman–Crippen LogP) is 2.44. The summed E-state index contributed by atoms with van der Waals surface area (Å²) in [5, 5.41) is 7.76. The molecule has 4 heteroatoms. The molecular weight excluding hydrogens is 218 g/mol. The van der Waals surface area contributed by atoms with Crippen molar-refractivity contribution in [3.63, 3.8) is 0 Å². The number of hydrazone groups is 1. The molecule has 0 aliphatic heterocycles. The average Bonchev–Trinajstić information content (AvgIpc) is 2.34. The van der Waals surface area contributed by atoms with E-state index in [1.807, 2.05) is 25.1 Å². The zero-order valence-electron chi connectivity index (χ0n) is 9.66. The van der Waals surface area contributed by atoms with E-state index < -0.39 is 0 Å². The lowest BCUT2D eigenvalue weighted by molar-refractivity contribution is 0.864. The van der Waals surface area contributed by atoms with Gasteiger partial charge in [0.25, 0.3) is 0 Å². The molecule has 0 amide bonds. The molecule has 0 bridgehead atoms. The van der Waals surface area contributed by atoms with Crippen molar-refractivity contribution < 1.29 is 0 Å². The van der Waals surface area contributed by atoms with Gasteiger partial charge in [-0.1, -0.05) is 37.3 Å². The Labute approximate surface area is 102 Å². The fourth-order valence-corrected chi connectivity index (χ4v) is 1.16.